The molecule has 1 heterocycles. The van der Waals surface area contributed by atoms with Gasteiger partial charge in [-0.15, -0.1) is 0 Å². The Morgan fingerprint density at radius 2 is 1.85 bits per heavy atom. The predicted molar refractivity (Wildman–Crippen MR) is 55.6 cm³/mol. The second-order valence-corrected chi connectivity index (χ2v) is 4.65. The Balaban J connectivity index is 2.25. The van der Waals surface area contributed by atoms with Crippen molar-refractivity contribution >= 4 is 0 Å². The topological polar surface area (TPSA) is 35.2 Å². The van der Waals surface area contributed by atoms with Gasteiger partial charge < -0.3 is 10.5 Å². The van der Waals surface area contributed by atoms with Gasteiger partial charge in [0.15, 0.2) is 0 Å². The monoisotopic (exact) mass is 185 g/mol. The average molecular weight is 185 g/mol. The summed E-state index contributed by atoms with van der Waals surface area (Å²) in [7, 11) is 0. The first-order valence-electron chi connectivity index (χ1n) is 5.49. The Hall–Kier alpha value is -0.0800. The summed E-state index contributed by atoms with van der Waals surface area (Å²) < 4.78 is 5.69. The molecule has 1 aliphatic rings. The third-order valence-electron chi connectivity index (χ3n) is 2.83. The quantitative estimate of drug-likeness (QED) is 0.732. The van der Waals surface area contributed by atoms with Crippen molar-refractivity contribution in [1.29, 1.82) is 0 Å². The maximum atomic E-state index is 5.75. The number of hydrogen-bond donors (Lipinski definition) is 1. The molecule has 0 spiro atoms. The molecule has 0 radical (unpaired) electrons. The predicted octanol–water partition coefficient (Wildman–Crippen LogP) is 2.32. The highest BCUT2D eigenvalue weighted by Crippen LogP contribution is 2.28. The highest BCUT2D eigenvalue weighted by molar-refractivity contribution is 4.74. The lowest BCUT2D eigenvalue weighted by molar-refractivity contribution is -0.0538. The van der Waals surface area contributed by atoms with Crippen molar-refractivity contribution < 1.29 is 4.74 Å². The first-order valence-corrected chi connectivity index (χ1v) is 5.49. The van der Waals surface area contributed by atoms with E-state index in [4.69, 9.17) is 10.5 Å². The molecular weight excluding hydrogens is 162 g/mol. The van der Waals surface area contributed by atoms with Crippen molar-refractivity contribution in [3.8, 4) is 0 Å². The van der Waals surface area contributed by atoms with Gasteiger partial charge in [0.05, 0.1) is 12.2 Å². The van der Waals surface area contributed by atoms with Gasteiger partial charge in [0.2, 0.25) is 0 Å². The van der Waals surface area contributed by atoms with Gasteiger partial charge in [0.25, 0.3) is 0 Å². The molecule has 2 nitrogen and oxygen atoms in total. The third kappa shape index (κ3) is 4.10. The second kappa shape index (κ2) is 4.97. The van der Waals surface area contributed by atoms with Crippen LogP contribution in [0.4, 0.5) is 0 Å². The number of ether oxygens (including phenoxy) is 1. The van der Waals surface area contributed by atoms with E-state index in [0.29, 0.717) is 18.2 Å². The van der Waals surface area contributed by atoms with Crippen LogP contribution < -0.4 is 5.73 Å². The molecule has 1 saturated heterocycles. The summed E-state index contributed by atoms with van der Waals surface area (Å²) in [6.07, 6.45) is 5.76. The van der Waals surface area contributed by atoms with Gasteiger partial charge in [-0.05, 0) is 52.4 Å². The van der Waals surface area contributed by atoms with Crippen molar-refractivity contribution in [2.24, 2.45) is 11.7 Å². The minimum atomic E-state index is 0.355. The maximum absolute atomic E-state index is 5.75. The van der Waals surface area contributed by atoms with Crippen molar-refractivity contribution in [2.75, 3.05) is 0 Å². The lowest BCUT2D eigenvalue weighted by Crippen LogP contribution is -2.30. The van der Waals surface area contributed by atoms with E-state index in [0.717, 1.165) is 12.3 Å². The van der Waals surface area contributed by atoms with Crippen molar-refractivity contribution in [2.45, 2.75) is 64.7 Å². The van der Waals surface area contributed by atoms with Crippen LogP contribution in [-0.4, -0.2) is 18.2 Å². The Bertz CT molecular complexity index is 137. The molecule has 0 aromatic rings. The van der Waals surface area contributed by atoms with Crippen LogP contribution in [0.5, 0.6) is 0 Å². The summed E-state index contributed by atoms with van der Waals surface area (Å²) in [6, 6.07) is 0.355. The number of nitrogens with two attached hydrogens (primary N) is 1. The SMILES string of the molecule is CC(N)CCC1C[C@@H](C)O[C@@H](C)C1. The van der Waals surface area contributed by atoms with Crippen LogP contribution in [0.2, 0.25) is 0 Å². The van der Waals surface area contributed by atoms with E-state index >= 15 is 0 Å². The Kier molecular flexibility index (Phi) is 4.20. The molecule has 1 rings (SSSR count). The molecule has 0 saturated carbocycles. The van der Waals surface area contributed by atoms with Crippen molar-refractivity contribution in [3.05, 3.63) is 0 Å². The normalized spacial score (nSPS) is 37.4. The van der Waals surface area contributed by atoms with Crippen LogP contribution in [-0.2, 0) is 4.74 Å². The van der Waals surface area contributed by atoms with E-state index in [1.54, 1.807) is 0 Å². The summed E-state index contributed by atoms with van der Waals surface area (Å²) in [4.78, 5) is 0. The van der Waals surface area contributed by atoms with Gasteiger partial charge in [-0.2, -0.15) is 0 Å². The van der Waals surface area contributed by atoms with E-state index in [1.165, 1.54) is 19.3 Å². The largest absolute Gasteiger partial charge is 0.376 e. The van der Waals surface area contributed by atoms with E-state index in [9.17, 15) is 0 Å². The fraction of sp³-hybridized carbons (Fsp3) is 1.00. The molecule has 1 fully saturated rings. The van der Waals surface area contributed by atoms with E-state index in [1.807, 2.05) is 0 Å². The zero-order valence-electron chi connectivity index (χ0n) is 9.12. The smallest absolute Gasteiger partial charge is 0.0553 e. The van der Waals surface area contributed by atoms with Crippen LogP contribution in [0.1, 0.15) is 46.5 Å². The van der Waals surface area contributed by atoms with Crippen LogP contribution >= 0.6 is 0 Å². The van der Waals surface area contributed by atoms with Crippen molar-refractivity contribution in [3.63, 3.8) is 0 Å². The molecule has 2 heteroatoms. The molecule has 13 heavy (non-hydrogen) atoms. The van der Waals surface area contributed by atoms with E-state index < -0.39 is 0 Å². The Labute approximate surface area is 81.8 Å². The first-order chi connectivity index (χ1) is 6.08. The van der Waals surface area contributed by atoms with Gasteiger partial charge in [-0.25, -0.2) is 0 Å². The summed E-state index contributed by atoms with van der Waals surface area (Å²) in [5.74, 6) is 0.838. The minimum absolute atomic E-state index is 0.355. The molecule has 0 bridgehead atoms. The van der Waals surface area contributed by atoms with Gasteiger partial charge in [0, 0.05) is 6.04 Å². The number of hydrogen-bond acceptors (Lipinski definition) is 2. The van der Waals surface area contributed by atoms with Gasteiger partial charge in [-0.1, -0.05) is 0 Å². The number of rotatable bonds is 3. The second-order valence-electron chi connectivity index (χ2n) is 4.65. The molecule has 2 unspecified atom stereocenters. The summed E-state index contributed by atoms with van der Waals surface area (Å²) in [6.45, 7) is 6.44. The molecule has 1 aliphatic heterocycles. The fourth-order valence-electron chi connectivity index (χ4n) is 2.28. The van der Waals surface area contributed by atoms with E-state index in [2.05, 4.69) is 20.8 Å². The zero-order chi connectivity index (χ0) is 9.84. The van der Waals surface area contributed by atoms with Crippen LogP contribution in [0.25, 0.3) is 0 Å². The Morgan fingerprint density at radius 3 is 2.31 bits per heavy atom. The van der Waals surface area contributed by atoms with Gasteiger partial charge >= 0.3 is 0 Å². The molecule has 0 aromatic heterocycles. The lowest BCUT2D eigenvalue weighted by Gasteiger charge is -2.32. The van der Waals surface area contributed by atoms with Crippen LogP contribution in [0.15, 0.2) is 0 Å². The minimum Gasteiger partial charge on any atom is -0.376 e. The molecule has 0 aliphatic carbocycles. The zero-order valence-corrected chi connectivity index (χ0v) is 9.12. The van der Waals surface area contributed by atoms with Crippen LogP contribution in [0, 0.1) is 5.92 Å². The molecule has 0 aromatic carbocycles. The molecule has 2 N–H and O–H groups in total. The highest BCUT2D eigenvalue weighted by Gasteiger charge is 2.23. The maximum Gasteiger partial charge on any atom is 0.0553 e. The Morgan fingerprint density at radius 1 is 1.31 bits per heavy atom. The van der Waals surface area contributed by atoms with E-state index in [-0.39, 0.29) is 0 Å². The van der Waals surface area contributed by atoms with Crippen molar-refractivity contribution in [1.82, 2.24) is 0 Å². The third-order valence-corrected chi connectivity index (χ3v) is 2.83. The lowest BCUT2D eigenvalue weighted by atomic mass is 9.88. The molecule has 4 atom stereocenters. The molecule has 0 amide bonds. The van der Waals surface area contributed by atoms with Gasteiger partial charge in [-0.3, -0.25) is 0 Å². The standard InChI is InChI=1S/C11H23NO/c1-8(12)4-5-11-6-9(2)13-10(3)7-11/h8-11H,4-7,12H2,1-3H3/t8?,9-,10+,11?. The fourth-order valence-corrected chi connectivity index (χ4v) is 2.28. The highest BCUT2D eigenvalue weighted by atomic mass is 16.5. The summed E-state index contributed by atoms with van der Waals surface area (Å²) >= 11 is 0. The summed E-state index contributed by atoms with van der Waals surface area (Å²) in [5, 5.41) is 0. The molecule has 78 valence electrons. The molecular formula is C11H23NO. The first kappa shape index (κ1) is 11.0. The van der Waals surface area contributed by atoms with Crippen LogP contribution in [0.3, 0.4) is 0 Å². The average Bonchev–Trinajstić information content (AvgIpc) is 1.99. The van der Waals surface area contributed by atoms with Gasteiger partial charge in [0.1, 0.15) is 0 Å². The summed E-state index contributed by atoms with van der Waals surface area (Å²) in [5.41, 5.74) is 5.75.